The number of sulfonamides is 1. The first-order valence-corrected chi connectivity index (χ1v) is 8.00. The minimum atomic E-state index is -3.67. The lowest BCUT2D eigenvalue weighted by molar-refractivity contribution is 0.598. The maximum absolute atomic E-state index is 11.4. The summed E-state index contributed by atoms with van der Waals surface area (Å²) in [5, 5.41) is 7.85. The lowest BCUT2D eigenvalue weighted by atomic mass is 10.0. The number of aryl methyl sites for hydroxylation is 1. The second-order valence-corrected chi connectivity index (χ2v) is 6.41. The summed E-state index contributed by atoms with van der Waals surface area (Å²) in [6.45, 7) is 2.08. The average Bonchev–Trinajstić information content (AvgIpc) is 2.82. The number of halogens is 1. The monoisotopic (exact) mass is 318 g/mol. The summed E-state index contributed by atoms with van der Waals surface area (Å²) >= 11 is 1.49. The van der Waals surface area contributed by atoms with Crippen LogP contribution in [0.1, 0.15) is 18.9 Å². The van der Waals surface area contributed by atoms with Crippen LogP contribution in [0.25, 0.3) is 10.6 Å². The van der Waals surface area contributed by atoms with Gasteiger partial charge in [-0.25, -0.2) is 18.5 Å². The van der Waals surface area contributed by atoms with Crippen LogP contribution in [0.3, 0.4) is 0 Å². The molecule has 4 nitrogen and oxygen atoms in total. The van der Waals surface area contributed by atoms with Gasteiger partial charge in [0.2, 0.25) is 10.0 Å². The van der Waals surface area contributed by atoms with Crippen LogP contribution in [0.2, 0.25) is 0 Å². The first-order valence-electron chi connectivity index (χ1n) is 5.58. The first kappa shape index (κ1) is 16.1. The summed E-state index contributed by atoms with van der Waals surface area (Å²) < 4.78 is 22.8. The molecule has 7 heteroatoms. The Kier molecular flexibility index (Phi) is 5.49. The van der Waals surface area contributed by atoms with Gasteiger partial charge in [-0.1, -0.05) is 19.4 Å². The fraction of sp³-hybridized carbons (Fsp3) is 0.250. The summed E-state index contributed by atoms with van der Waals surface area (Å²) in [5.41, 5.74) is 1.96. The predicted octanol–water partition coefficient (Wildman–Crippen LogP) is 2.83. The second-order valence-electron chi connectivity index (χ2n) is 3.95. The van der Waals surface area contributed by atoms with Crippen molar-refractivity contribution in [1.29, 1.82) is 0 Å². The Morgan fingerprint density at radius 2 is 2.11 bits per heavy atom. The zero-order valence-electron chi connectivity index (χ0n) is 10.4. The molecule has 0 aliphatic rings. The minimum absolute atomic E-state index is 0. The number of aromatic nitrogens is 1. The van der Waals surface area contributed by atoms with E-state index in [9.17, 15) is 8.42 Å². The molecule has 1 aromatic carbocycles. The van der Waals surface area contributed by atoms with Crippen molar-refractivity contribution in [3.8, 4) is 10.6 Å². The number of benzene rings is 1. The normalized spacial score (nSPS) is 11.1. The standard InChI is InChI=1S/C12H14N2O2S2.ClH/c1-2-3-9-4-5-10(18(13,15)16)8-11(9)12-14-6-7-17-12;/h4-8H,2-3H2,1H3,(H2,13,15,16);1H. The van der Waals surface area contributed by atoms with Crippen molar-refractivity contribution in [3.63, 3.8) is 0 Å². The topological polar surface area (TPSA) is 73.1 Å². The predicted molar refractivity (Wildman–Crippen MR) is 80.2 cm³/mol. The summed E-state index contributed by atoms with van der Waals surface area (Å²) in [6, 6.07) is 4.98. The molecular formula is C12H15ClN2O2S2. The number of nitrogens with two attached hydrogens (primary N) is 1. The molecule has 0 aliphatic carbocycles. The van der Waals surface area contributed by atoms with Gasteiger partial charge in [-0.15, -0.1) is 23.7 Å². The highest BCUT2D eigenvalue weighted by Crippen LogP contribution is 2.28. The molecule has 1 aromatic heterocycles. The molecule has 0 radical (unpaired) electrons. The molecule has 0 amide bonds. The molecule has 2 N–H and O–H groups in total. The van der Waals surface area contributed by atoms with Crippen molar-refractivity contribution in [1.82, 2.24) is 4.98 Å². The molecule has 0 bridgehead atoms. The molecule has 0 fully saturated rings. The number of thiazole rings is 1. The molecule has 0 aliphatic heterocycles. The van der Waals surface area contributed by atoms with E-state index in [0.29, 0.717) is 0 Å². The molecule has 19 heavy (non-hydrogen) atoms. The number of hydrogen-bond acceptors (Lipinski definition) is 4. The van der Waals surface area contributed by atoms with Crippen molar-refractivity contribution >= 4 is 33.8 Å². The summed E-state index contributed by atoms with van der Waals surface area (Å²) in [6.07, 6.45) is 3.59. The number of primary sulfonamides is 1. The Balaban J connectivity index is 0.00000180. The lowest BCUT2D eigenvalue weighted by Crippen LogP contribution is -2.12. The molecule has 1 heterocycles. The highest BCUT2D eigenvalue weighted by atomic mass is 35.5. The van der Waals surface area contributed by atoms with Gasteiger partial charge >= 0.3 is 0 Å². The molecule has 2 aromatic rings. The highest BCUT2D eigenvalue weighted by Gasteiger charge is 2.13. The maximum atomic E-state index is 11.4. The van der Waals surface area contributed by atoms with Crippen LogP contribution in [0.5, 0.6) is 0 Å². The molecule has 0 atom stereocenters. The van der Waals surface area contributed by atoms with E-state index in [0.717, 1.165) is 29.0 Å². The number of rotatable bonds is 4. The Morgan fingerprint density at radius 1 is 1.37 bits per heavy atom. The van der Waals surface area contributed by atoms with E-state index in [4.69, 9.17) is 5.14 Å². The van der Waals surface area contributed by atoms with Gasteiger partial charge in [0.25, 0.3) is 0 Å². The van der Waals surface area contributed by atoms with Crippen LogP contribution in [0.4, 0.5) is 0 Å². The lowest BCUT2D eigenvalue weighted by Gasteiger charge is -2.08. The zero-order valence-corrected chi connectivity index (χ0v) is 12.8. The van der Waals surface area contributed by atoms with Crippen LogP contribution < -0.4 is 5.14 Å². The van der Waals surface area contributed by atoms with Crippen molar-refractivity contribution in [2.75, 3.05) is 0 Å². The molecule has 104 valence electrons. The zero-order chi connectivity index (χ0) is 13.2. The van der Waals surface area contributed by atoms with Gasteiger partial charge in [-0.3, -0.25) is 0 Å². The fourth-order valence-electron chi connectivity index (χ4n) is 1.78. The molecule has 0 spiro atoms. The summed E-state index contributed by atoms with van der Waals surface area (Å²) in [5.74, 6) is 0. The average molecular weight is 319 g/mol. The summed E-state index contributed by atoms with van der Waals surface area (Å²) in [4.78, 5) is 4.37. The van der Waals surface area contributed by atoms with Gasteiger partial charge in [0.05, 0.1) is 4.90 Å². The first-order chi connectivity index (χ1) is 8.52. The van der Waals surface area contributed by atoms with E-state index >= 15 is 0 Å². The van der Waals surface area contributed by atoms with Gasteiger partial charge in [0.1, 0.15) is 5.01 Å². The third-order valence-electron chi connectivity index (χ3n) is 2.59. The quantitative estimate of drug-likeness (QED) is 0.942. The SMILES string of the molecule is CCCc1ccc(S(N)(=O)=O)cc1-c1nccs1.Cl. The van der Waals surface area contributed by atoms with Gasteiger partial charge in [0.15, 0.2) is 0 Å². The fourth-order valence-corrected chi connectivity index (χ4v) is 3.00. The molecule has 2 rings (SSSR count). The van der Waals surface area contributed by atoms with Crippen LogP contribution in [0, 0.1) is 0 Å². The van der Waals surface area contributed by atoms with Crippen LogP contribution in [0.15, 0.2) is 34.7 Å². The smallest absolute Gasteiger partial charge is 0.238 e. The third kappa shape index (κ3) is 3.76. The van der Waals surface area contributed by atoms with E-state index in [1.165, 1.54) is 11.3 Å². The van der Waals surface area contributed by atoms with Gasteiger partial charge < -0.3 is 0 Å². The van der Waals surface area contributed by atoms with Gasteiger partial charge in [0, 0.05) is 17.1 Å². The largest absolute Gasteiger partial charge is 0.245 e. The molecular weight excluding hydrogens is 304 g/mol. The number of hydrogen-bond donors (Lipinski definition) is 1. The van der Waals surface area contributed by atoms with Crippen molar-refractivity contribution in [3.05, 3.63) is 35.3 Å². The molecule has 0 saturated carbocycles. The Labute approximate surface area is 123 Å². The van der Waals surface area contributed by atoms with Crippen molar-refractivity contribution in [2.45, 2.75) is 24.7 Å². The molecule has 0 saturated heterocycles. The van der Waals surface area contributed by atoms with E-state index in [-0.39, 0.29) is 17.3 Å². The maximum Gasteiger partial charge on any atom is 0.238 e. The van der Waals surface area contributed by atoms with Crippen LogP contribution >= 0.6 is 23.7 Å². The third-order valence-corrected chi connectivity index (χ3v) is 4.31. The van der Waals surface area contributed by atoms with Gasteiger partial charge in [-0.2, -0.15) is 0 Å². The van der Waals surface area contributed by atoms with Crippen molar-refractivity contribution in [2.24, 2.45) is 5.14 Å². The van der Waals surface area contributed by atoms with Crippen LogP contribution in [-0.4, -0.2) is 13.4 Å². The minimum Gasteiger partial charge on any atom is -0.245 e. The number of nitrogens with zero attached hydrogens (tertiary/aromatic N) is 1. The summed E-state index contributed by atoms with van der Waals surface area (Å²) in [7, 11) is -3.67. The van der Waals surface area contributed by atoms with E-state index in [1.54, 1.807) is 18.3 Å². The van der Waals surface area contributed by atoms with Crippen molar-refractivity contribution < 1.29 is 8.42 Å². The second kappa shape index (κ2) is 6.47. The Hall–Kier alpha value is -0.950. The van der Waals surface area contributed by atoms with Crippen LogP contribution in [-0.2, 0) is 16.4 Å². The van der Waals surface area contributed by atoms with E-state index in [1.807, 2.05) is 11.4 Å². The Morgan fingerprint density at radius 3 is 2.63 bits per heavy atom. The van der Waals surface area contributed by atoms with E-state index in [2.05, 4.69) is 11.9 Å². The van der Waals surface area contributed by atoms with E-state index < -0.39 is 10.0 Å². The highest BCUT2D eigenvalue weighted by molar-refractivity contribution is 7.89. The van der Waals surface area contributed by atoms with Gasteiger partial charge in [-0.05, 0) is 24.1 Å². The Bertz CT molecular complexity index is 640. The molecule has 0 unspecified atom stereocenters.